The number of thiophene rings is 1. The van der Waals surface area contributed by atoms with Gasteiger partial charge in [-0.05, 0) is 117 Å². The Morgan fingerprint density at radius 2 is 0.759 bits per heavy atom. The highest BCUT2D eigenvalue weighted by molar-refractivity contribution is 7.25. The molecule has 8 aromatic rings. The normalized spacial score (nSPS) is 16.7. The maximum Gasteiger partial charge on any atom is 0.0517 e. The molecule has 1 aromatic heterocycles. The highest BCUT2D eigenvalue weighted by Crippen LogP contribution is 2.59. The van der Waals surface area contributed by atoms with Crippen molar-refractivity contribution in [1.29, 1.82) is 0 Å². The molecule has 0 saturated heterocycles. The fourth-order valence-corrected chi connectivity index (χ4v) is 11.2. The second-order valence-electron chi connectivity index (χ2n) is 17.0. The third kappa shape index (κ3) is 4.11. The van der Waals surface area contributed by atoms with Crippen LogP contribution in [-0.4, -0.2) is 0 Å². The molecule has 54 heavy (non-hydrogen) atoms. The van der Waals surface area contributed by atoms with Gasteiger partial charge in [-0.2, -0.15) is 0 Å². The Balaban J connectivity index is 1.13. The van der Waals surface area contributed by atoms with E-state index in [4.69, 9.17) is 0 Å². The fourth-order valence-electron chi connectivity index (χ4n) is 10.1. The molecular weight excluding hydrogens is 673 g/mol. The van der Waals surface area contributed by atoms with Crippen molar-refractivity contribution in [3.05, 3.63) is 179 Å². The van der Waals surface area contributed by atoms with E-state index in [1.807, 2.05) is 11.3 Å². The zero-order valence-electron chi connectivity index (χ0n) is 31.7. The minimum atomic E-state index is -0.165. The SMILES string of the molecule is CC1(C)c2cc3c(cc2-c2cc4sc5cc6c(cc5c4cc21)C(C)(C)c1ccccc1N6c1ccccc1)C(C)(C)c1ccccc1N3c1ccccc1. The van der Waals surface area contributed by atoms with Crippen molar-refractivity contribution in [2.24, 2.45) is 0 Å². The monoisotopic (exact) mass is 714 g/mol. The molecule has 0 amide bonds. The minimum Gasteiger partial charge on any atom is -0.310 e. The number of benzene rings is 7. The molecule has 3 aliphatic rings. The van der Waals surface area contributed by atoms with Gasteiger partial charge in [0, 0.05) is 47.8 Å². The highest BCUT2D eigenvalue weighted by atomic mass is 32.1. The third-order valence-electron chi connectivity index (χ3n) is 13.0. The molecule has 3 heterocycles. The molecule has 3 heteroatoms. The van der Waals surface area contributed by atoms with E-state index >= 15 is 0 Å². The summed E-state index contributed by atoms with van der Waals surface area (Å²) in [5, 5.41) is 2.72. The highest BCUT2D eigenvalue weighted by Gasteiger charge is 2.43. The maximum absolute atomic E-state index is 2.54. The average molecular weight is 715 g/mol. The molecular formula is C51H42N2S. The van der Waals surface area contributed by atoms with E-state index in [0.717, 1.165) is 0 Å². The lowest BCUT2D eigenvalue weighted by molar-refractivity contribution is 0.627. The maximum atomic E-state index is 2.54. The van der Waals surface area contributed by atoms with Crippen LogP contribution < -0.4 is 9.80 Å². The van der Waals surface area contributed by atoms with Crippen molar-refractivity contribution in [2.45, 2.75) is 57.8 Å². The summed E-state index contributed by atoms with van der Waals surface area (Å²) >= 11 is 1.94. The van der Waals surface area contributed by atoms with Crippen LogP contribution in [-0.2, 0) is 16.2 Å². The van der Waals surface area contributed by atoms with Crippen LogP contribution in [0.1, 0.15) is 74.9 Å². The second kappa shape index (κ2) is 10.7. The molecule has 11 rings (SSSR count). The van der Waals surface area contributed by atoms with Gasteiger partial charge in [0.05, 0.1) is 22.7 Å². The number of rotatable bonds is 2. The summed E-state index contributed by atoms with van der Waals surface area (Å²) in [6, 6.07) is 54.8. The number of nitrogens with zero attached hydrogens (tertiary/aromatic N) is 2. The molecule has 2 nitrogen and oxygen atoms in total. The molecule has 0 saturated carbocycles. The summed E-state index contributed by atoms with van der Waals surface area (Å²) < 4.78 is 2.69. The topological polar surface area (TPSA) is 6.48 Å². The number of anilines is 6. The molecule has 1 aliphatic carbocycles. The Morgan fingerprint density at radius 3 is 1.33 bits per heavy atom. The van der Waals surface area contributed by atoms with Crippen LogP contribution in [0.2, 0.25) is 0 Å². The minimum absolute atomic E-state index is 0.153. The summed E-state index contributed by atoms with van der Waals surface area (Å²) in [7, 11) is 0. The Bertz CT molecular complexity index is 2860. The van der Waals surface area contributed by atoms with Gasteiger partial charge in [-0.3, -0.25) is 0 Å². The number of fused-ring (bicyclic) bond motifs is 10. The smallest absolute Gasteiger partial charge is 0.0517 e. The number of hydrogen-bond donors (Lipinski definition) is 0. The molecule has 7 aromatic carbocycles. The summed E-state index contributed by atoms with van der Waals surface area (Å²) in [4.78, 5) is 4.96. The van der Waals surface area contributed by atoms with Gasteiger partial charge in [0.25, 0.3) is 0 Å². The molecule has 0 radical (unpaired) electrons. The van der Waals surface area contributed by atoms with Crippen molar-refractivity contribution >= 4 is 65.6 Å². The summed E-state index contributed by atoms with van der Waals surface area (Å²) in [5.41, 5.74) is 18.0. The standard InChI is InChI=1S/C51H42N2S/c1-49(2)37-21-13-15-23-43(37)52(31-17-9-7-10-18-31)45-29-40-33(25-41(45)49)34-28-47-35(26-39(34)51(40,5)6)36-27-42-46(30-48(36)54-47)53(32-19-11-8-12-20-32)44-24-16-14-22-38(44)50(42,3)4/h7-30H,1-6H3. The van der Waals surface area contributed by atoms with Crippen LogP contribution in [0, 0.1) is 0 Å². The van der Waals surface area contributed by atoms with Crippen molar-refractivity contribution in [2.75, 3.05) is 9.80 Å². The molecule has 0 fully saturated rings. The molecule has 0 spiro atoms. The summed E-state index contributed by atoms with van der Waals surface area (Å²) in [6.07, 6.45) is 0. The first kappa shape index (κ1) is 31.8. The molecule has 262 valence electrons. The van der Waals surface area contributed by atoms with Crippen LogP contribution in [0.15, 0.2) is 146 Å². The van der Waals surface area contributed by atoms with E-state index in [1.54, 1.807) is 0 Å². The second-order valence-corrected chi connectivity index (χ2v) is 18.1. The zero-order chi connectivity index (χ0) is 36.7. The molecule has 2 aliphatic heterocycles. The van der Waals surface area contributed by atoms with E-state index in [9.17, 15) is 0 Å². The Kier molecular flexibility index (Phi) is 6.33. The van der Waals surface area contributed by atoms with Crippen molar-refractivity contribution in [3.63, 3.8) is 0 Å². The van der Waals surface area contributed by atoms with Gasteiger partial charge in [0.2, 0.25) is 0 Å². The third-order valence-corrected chi connectivity index (χ3v) is 14.1. The van der Waals surface area contributed by atoms with Crippen LogP contribution in [0.25, 0.3) is 31.3 Å². The molecule has 0 unspecified atom stereocenters. The van der Waals surface area contributed by atoms with Crippen molar-refractivity contribution in [3.8, 4) is 11.1 Å². The number of hydrogen-bond acceptors (Lipinski definition) is 3. The van der Waals surface area contributed by atoms with Crippen LogP contribution >= 0.6 is 11.3 Å². The molecule has 0 bridgehead atoms. The first-order chi connectivity index (χ1) is 26.0. The van der Waals surface area contributed by atoms with Gasteiger partial charge in [-0.15, -0.1) is 11.3 Å². The lowest BCUT2D eigenvalue weighted by Gasteiger charge is -2.42. The summed E-state index contributed by atoms with van der Waals surface area (Å²) in [5.74, 6) is 0. The van der Waals surface area contributed by atoms with Gasteiger partial charge in [0.15, 0.2) is 0 Å². The van der Waals surface area contributed by atoms with E-state index in [-0.39, 0.29) is 16.2 Å². The zero-order valence-corrected chi connectivity index (χ0v) is 32.5. The lowest BCUT2D eigenvalue weighted by Crippen LogP contribution is -2.31. The molecule has 0 atom stereocenters. The van der Waals surface area contributed by atoms with Crippen molar-refractivity contribution in [1.82, 2.24) is 0 Å². The van der Waals surface area contributed by atoms with E-state index < -0.39 is 0 Å². The molecule has 0 N–H and O–H groups in total. The lowest BCUT2D eigenvalue weighted by atomic mass is 9.72. The van der Waals surface area contributed by atoms with Gasteiger partial charge < -0.3 is 9.80 Å². The Morgan fingerprint density at radius 1 is 0.352 bits per heavy atom. The van der Waals surface area contributed by atoms with Gasteiger partial charge in [0.1, 0.15) is 0 Å². The van der Waals surface area contributed by atoms with E-state index in [1.165, 1.54) is 98.8 Å². The first-order valence-electron chi connectivity index (χ1n) is 19.2. The van der Waals surface area contributed by atoms with Crippen LogP contribution in [0.5, 0.6) is 0 Å². The summed E-state index contributed by atoms with van der Waals surface area (Å²) in [6.45, 7) is 14.4. The average Bonchev–Trinajstić information content (AvgIpc) is 3.64. The van der Waals surface area contributed by atoms with E-state index in [0.29, 0.717) is 0 Å². The van der Waals surface area contributed by atoms with Gasteiger partial charge in [-0.1, -0.05) is 114 Å². The quantitative estimate of drug-likeness (QED) is 0.176. The predicted octanol–water partition coefficient (Wildman–Crippen LogP) is 14.6. The Labute approximate surface area is 322 Å². The van der Waals surface area contributed by atoms with E-state index in [2.05, 4.69) is 197 Å². The van der Waals surface area contributed by atoms with Gasteiger partial charge in [-0.25, -0.2) is 0 Å². The van der Waals surface area contributed by atoms with Crippen LogP contribution in [0.4, 0.5) is 34.1 Å². The Hall–Kier alpha value is -5.64. The number of para-hydroxylation sites is 4. The van der Waals surface area contributed by atoms with Gasteiger partial charge >= 0.3 is 0 Å². The predicted molar refractivity (Wildman–Crippen MR) is 231 cm³/mol. The fraction of sp³-hybridized carbons (Fsp3) is 0.176. The van der Waals surface area contributed by atoms with Crippen LogP contribution in [0.3, 0.4) is 0 Å². The van der Waals surface area contributed by atoms with Crippen molar-refractivity contribution < 1.29 is 0 Å². The largest absolute Gasteiger partial charge is 0.310 e. The first-order valence-corrected chi connectivity index (χ1v) is 20.0.